The average molecular weight is 327 g/mol. The summed E-state index contributed by atoms with van der Waals surface area (Å²) in [6.07, 6.45) is 7.12. The second kappa shape index (κ2) is 5.90. The second-order valence-corrected chi connectivity index (χ2v) is 6.03. The number of carbonyl (C=O) groups excluding carboxylic acids is 1. The highest BCUT2D eigenvalue weighted by molar-refractivity contribution is 9.09. The zero-order valence-corrected chi connectivity index (χ0v) is 12.6. The molecule has 1 aromatic heterocycles. The first kappa shape index (κ1) is 14.3. The summed E-state index contributed by atoms with van der Waals surface area (Å²) in [7, 11) is 0. The number of hydrogen-bond donors (Lipinski definition) is 2. The van der Waals surface area contributed by atoms with Crippen LogP contribution in [0.15, 0.2) is 23.3 Å². The summed E-state index contributed by atoms with van der Waals surface area (Å²) in [6, 6.07) is 1.37. The number of nitrogens with one attached hydrogen (secondary N) is 2. The predicted molar refractivity (Wildman–Crippen MR) is 78.7 cm³/mol. The van der Waals surface area contributed by atoms with E-state index in [0.29, 0.717) is 5.92 Å². The molecular formula is C14H19BrN2O2. The van der Waals surface area contributed by atoms with Crippen LogP contribution in [0, 0.1) is 5.92 Å². The number of aromatic nitrogens is 1. The summed E-state index contributed by atoms with van der Waals surface area (Å²) < 4.78 is 0. The molecular weight excluding hydrogens is 308 g/mol. The molecule has 5 heteroatoms. The van der Waals surface area contributed by atoms with Crippen LogP contribution in [-0.4, -0.2) is 21.8 Å². The second-order valence-electron chi connectivity index (χ2n) is 5.47. The Kier molecular flexibility index (Phi) is 4.45. The Hall–Kier alpha value is -1.10. The van der Waals surface area contributed by atoms with E-state index in [9.17, 15) is 9.59 Å². The maximum absolute atomic E-state index is 12.2. The molecule has 1 aliphatic rings. The van der Waals surface area contributed by atoms with E-state index in [-0.39, 0.29) is 22.4 Å². The Labute approximate surface area is 121 Å². The molecule has 1 aliphatic carbocycles. The van der Waals surface area contributed by atoms with Crippen molar-refractivity contribution in [3.8, 4) is 0 Å². The van der Waals surface area contributed by atoms with Gasteiger partial charge in [-0.05, 0) is 31.6 Å². The minimum absolute atomic E-state index is 0.182. The van der Waals surface area contributed by atoms with E-state index in [1.807, 2.05) is 0 Å². The first-order chi connectivity index (χ1) is 9.06. The van der Waals surface area contributed by atoms with E-state index in [4.69, 9.17) is 0 Å². The first-order valence-corrected chi connectivity index (χ1v) is 7.74. The summed E-state index contributed by atoms with van der Waals surface area (Å²) in [5.41, 5.74) is -0.280. The molecule has 0 atom stereocenters. The monoisotopic (exact) mass is 326 g/mol. The Bertz CT molecular complexity index is 504. The lowest BCUT2D eigenvalue weighted by Gasteiger charge is -2.38. The van der Waals surface area contributed by atoms with Crippen molar-refractivity contribution in [1.29, 1.82) is 0 Å². The normalized spacial score (nSPS) is 26.9. The van der Waals surface area contributed by atoms with Crippen molar-refractivity contribution in [3.63, 3.8) is 0 Å². The molecule has 0 aliphatic heterocycles. The van der Waals surface area contributed by atoms with E-state index in [0.717, 1.165) is 31.0 Å². The number of aromatic amines is 1. The van der Waals surface area contributed by atoms with Gasteiger partial charge in [-0.25, -0.2) is 0 Å². The van der Waals surface area contributed by atoms with Crippen molar-refractivity contribution in [3.05, 3.63) is 34.2 Å². The van der Waals surface area contributed by atoms with Gasteiger partial charge in [0.05, 0.1) is 5.54 Å². The van der Waals surface area contributed by atoms with Crippen LogP contribution in [0.25, 0.3) is 0 Å². The molecule has 1 fully saturated rings. The Morgan fingerprint density at radius 3 is 2.79 bits per heavy atom. The fraction of sp³-hybridized carbons (Fsp3) is 0.571. The number of rotatable bonds is 3. The van der Waals surface area contributed by atoms with Gasteiger partial charge >= 0.3 is 0 Å². The SMILES string of the molecule is CC1CCC(CBr)(NC(=O)c2c[nH]ccc2=O)CC1. The third kappa shape index (κ3) is 3.26. The van der Waals surface area contributed by atoms with Gasteiger partial charge < -0.3 is 10.3 Å². The molecule has 0 radical (unpaired) electrons. The van der Waals surface area contributed by atoms with Crippen molar-refractivity contribution < 1.29 is 4.79 Å². The van der Waals surface area contributed by atoms with Crippen molar-refractivity contribution >= 4 is 21.8 Å². The van der Waals surface area contributed by atoms with Gasteiger partial charge in [-0.1, -0.05) is 22.9 Å². The zero-order valence-electron chi connectivity index (χ0n) is 11.0. The largest absolute Gasteiger partial charge is 0.367 e. The highest BCUT2D eigenvalue weighted by Crippen LogP contribution is 2.33. The number of amides is 1. The molecule has 0 saturated heterocycles. The third-order valence-electron chi connectivity index (χ3n) is 3.93. The van der Waals surface area contributed by atoms with Crippen molar-refractivity contribution in [1.82, 2.24) is 10.3 Å². The lowest BCUT2D eigenvalue weighted by Crippen LogP contribution is -2.52. The molecule has 2 N–H and O–H groups in total. The smallest absolute Gasteiger partial charge is 0.257 e. The van der Waals surface area contributed by atoms with Crippen LogP contribution < -0.4 is 10.7 Å². The van der Waals surface area contributed by atoms with Crippen LogP contribution in [0.1, 0.15) is 43.0 Å². The summed E-state index contributed by atoms with van der Waals surface area (Å²) in [6.45, 7) is 2.24. The number of hydrogen-bond acceptors (Lipinski definition) is 2. The number of alkyl halides is 1. The zero-order chi connectivity index (χ0) is 13.9. The van der Waals surface area contributed by atoms with Gasteiger partial charge in [-0.15, -0.1) is 0 Å². The fourth-order valence-electron chi connectivity index (χ4n) is 2.51. The van der Waals surface area contributed by atoms with Gasteiger partial charge in [0.2, 0.25) is 0 Å². The third-order valence-corrected chi connectivity index (χ3v) is 5.01. The molecule has 0 bridgehead atoms. The van der Waals surface area contributed by atoms with Crippen molar-refractivity contribution in [2.24, 2.45) is 5.92 Å². The molecule has 0 spiro atoms. The van der Waals surface area contributed by atoms with Crippen LogP contribution in [0.3, 0.4) is 0 Å². The maximum Gasteiger partial charge on any atom is 0.257 e. The molecule has 0 unspecified atom stereocenters. The van der Waals surface area contributed by atoms with E-state index < -0.39 is 0 Å². The number of H-pyrrole nitrogens is 1. The standard InChI is InChI=1S/C14H19BrN2O2/c1-10-2-5-14(9-15,6-3-10)17-13(19)11-8-16-7-4-12(11)18/h4,7-8,10H,2-3,5-6,9H2,1H3,(H,16,18)(H,17,19). The molecule has 19 heavy (non-hydrogen) atoms. The highest BCUT2D eigenvalue weighted by Gasteiger charge is 2.35. The first-order valence-electron chi connectivity index (χ1n) is 6.62. The summed E-state index contributed by atoms with van der Waals surface area (Å²) in [5, 5.41) is 3.78. The van der Waals surface area contributed by atoms with Crippen LogP contribution in [0.5, 0.6) is 0 Å². The number of carbonyl (C=O) groups is 1. The van der Waals surface area contributed by atoms with Crippen LogP contribution in [0.2, 0.25) is 0 Å². The quantitative estimate of drug-likeness (QED) is 0.838. The maximum atomic E-state index is 12.2. The lowest BCUT2D eigenvalue weighted by atomic mass is 9.78. The highest BCUT2D eigenvalue weighted by atomic mass is 79.9. The summed E-state index contributed by atoms with van der Waals surface area (Å²) >= 11 is 3.51. The minimum atomic E-state index is -0.282. The number of pyridine rings is 1. The molecule has 1 amide bonds. The minimum Gasteiger partial charge on any atom is -0.367 e. The van der Waals surface area contributed by atoms with E-state index in [1.165, 1.54) is 18.5 Å². The van der Waals surface area contributed by atoms with Gasteiger partial charge in [0, 0.05) is 23.8 Å². The Balaban J connectivity index is 2.13. The Morgan fingerprint density at radius 2 is 2.21 bits per heavy atom. The molecule has 4 nitrogen and oxygen atoms in total. The summed E-state index contributed by atoms with van der Waals surface area (Å²) in [4.78, 5) is 26.7. The van der Waals surface area contributed by atoms with E-state index >= 15 is 0 Å². The van der Waals surface area contributed by atoms with Crippen molar-refractivity contribution in [2.45, 2.75) is 38.1 Å². The van der Waals surface area contributed by atoms with Gasteiger partial charge in [0.15, 0.2) is 5.43 Å². The molecule has 1 aromatic rings. The lowest BCUT2D eigenvalue weighted by molar-refractivity contribution is 0.0873. The van der Waals surface area contributed by atoms with Gasteiger partial charge in [0.1, 0.15) is 5.56 Å². The molecule has 104 valence electrons. The topological polar surface area (TPSA) is 62.0 Å². The molecule has 2 rings (SSSR count). The van der Waals surface area contributed by atoms with Crippen LogP contribution in [-0.2, 0) is 0 Å². The van der Waals surface area contributed by atoms with Gasteiger partial charge in [-0.2, -0.15) is 0 Å². The van der Waals surface area contributed by atoms with Crippen LogP contribution in [0.4, 0.5) is 0 Å². The average Bonchev–Trinajstić information content (AvgIpc) is 2.42. The molecule has 1 heterocycles. The van der Waals surface area contributed by atoms with E-state index in [1.54, 1.807) is 0 Å². The number of halogens is 1. The van der Waals surface area contributed by atoms with Gasteiger partial charge in [0.25, 0.3) is 5.91 Å². The summed E-state index contributed by atoms with van der Waals surface area (Å²) in [5.74, 6) is 0.431. The van der Waals surface area contributed by atoms with Crippen molar-refractivity contribution in [2.75, 3.05) is 5.33 Å². The van der Waals surface area contributed by atoms with E-state index in [2.05, 4.69) is 33.2 Å². The van der Waals surface area contributed by atoms with Crippen LogP contribution >= 0.6 is 15.9 Å². The molecule has 1 saturated carbocycles. The fourth-order valence-corrected chi connectivity index (χ4v) is 3.21. The Morgan fingerprint density at radius 1 is 1.53 bits per heavy atom. The van der Waals surface area contributed by atoms with Gasteiger partial charge in [-0.3, -0.25) is 9.59 Å². The molecule has 0 aromatic carbocycles. The predicted octanol–water partition coefficient (Wildman–Crippen LogP) is 2.45.